The van der Waals surface area contributed by atoms with Crippen molar-refractivity contribution in [1.82, 2.24) is 0 Å². The van der Waals surface area contributed by atoms with Crippen LogP contribution >= 0.6 is 0 Å². The molecule has 0 amide bonds. The van der Waals surface area contributed by atoms with Crippen molar-refractivity contribution in [2.24, 2.45) is 23.5 Å². The molecule has 2 saturated carbocycles. The molecule has 17 heavy (non-hydrogen) atoms. The van der Waals surface area contributed by atoms with Gasteiger partial charge in [0.15, 0.2) is 0 Å². The van der Waals surface area contributed by atoms with Crippen LogP contribution in [0.2, 0.25) is 0 Å². The zero-order valence-electron chi connectivity index (χ0n) is 11.2. The van der Waals surface area contributed by atoms with Crippen molar-refractivity contribution in [1.29, 1.82) is 0 Å². The molecule has 0 aromatic heterocycles. The highest BCUT2D eigenvalue weighted by molar-refractivity contribution is 5.40. The third-order valence-corrected chi connectivity index (χ3v) is 4.96. The maximum atomic E-state index is 6.54. The molecular formula is C16H23N. The van der Waals surface area contributed by atoms with Crippen molar-refractivity contribution >= 4 is 0 Å². The molecule has 0 spiro atoms. The van der Waals surface area contributed by atoms with Gasteiger partial charge in [-0.25, -0.2) is 0 Å². The standard InChI is InChI=1S/C16H23N/c1-9-7-10(2)14(11(3)8-9)16(17)15-12-5-4-6-13(12)15/h7-8,12-13,15-16H,4-6,17H2,1-3H3. The van der Waals surface area contributed by atoms with Gasteiger partial charge in [0, 0.05) is 6.04 Å². The lowest BCUT2D eigenvalue weighted by molar-refractivity contribution is 0.499. The number of hydrogen-bond donors (Lipinski definition) is 1. The van der Waals surface area contributed by atoms with Gasteiger partial charge in [-0.05, 0) is 68.1 Å². The Morgan fingerprint density at radius 2 is 1.59 bits per heavy atom. The summed E-state index contributed by atoms with van der Waals surface area (Å²) in [4.78, 5) is 0. The second kappa shape index (κ2) is 3.84. The van der Waals surface area contributed by atoms with E-state index in [2.05, 4.69) is 32.9 Å². The van der Waals surface area contributed by atoms with Crippen molar-refractivity contribution < 1.29 is 0 Å². The van der Waals surface area contributed by atoms with Crippen molar-refractivity contribution in [2.45, 2.75) is 46.1 Å². The van der Waals surface area contributed by atoms with E-state index < -0.39 is 0 Å². The lowest BCUT2D eigenvalue weighted by Crippen LogP contribution is -2.18. The van der Waals surface area contributed by atoms with Crippen LogP contribution in [0.4, 0.5) is 0 Å². The second-order valence-corrected chi connectivity index (χ2v) is 6.17. The van der Waals surface area contributed by atoms with E-state index in [0.29, 0.717) is 0 Å². The van der Waals surface area contributed by atoms with Gasteiger partial charge in [-0.2, -0.15) is 0 Å². The summed E-state index contributed by atoms with van der Waals surface area (Å²) in [5.74, 6) is 2.68. The molecule has 1 aromatic carbocycles. The predicted octanol–water partition coefficient (Wildman–Crippen LogP) is 3.66. The fourth-order valence-corrected chi connectivity index (χ4v) is 4.32. The Labute approximate surface area is 104 Å². The number of rotatable bonds is 2. The van der Waals surface area contributed by atoms with Gasteiger partial charge in [0.2, 0.25) is 0 Å². The summed E-state index contributed by atoms with van der Waals surface area (Å²) >= 11 is 0. The number of benzene rings is 1. The Kier molecular flexibility index (Phi) is 2.55. The summed E-state index contributed by atoms with van der Waals surface area (Å²) < 4.78 is 0. The van der Waals surface area contributed by atoms with Crippen LogP contribution in [-0.4, -0.2) is 0 Å². The molecule has 1 aromatic rings. The van der Waals surface area contributed by atoms with Gasteiger partial charge in [0.1, 0.15) is 0 Å². The lowest BCUT2D eigenvalue weighted by atomic mass is 9.90. The van der Waals surface area contributed by atoms with Crippen LogP contribution in [0.15, 0.2) is 12.1 Å². The summed E-state index contributed by atoms with van der Waals surface area (Å²) in [6.07, 6.45) is 4.28. The Hall–Kier alpha value is -0.820. The minimum atomic E-state index is 0.283. The van der Waals surface area contributed by atoms with Gasteiger partial charge in [-0.1, -0.05) is 24.1 Å². The van der Waals surface area contributed by atoms with Crippen molar-refractivity contribution in [3.63, 3.8) is 0 Å². The third kappa shape index (κ3) is 1.72. The fraction of sp³-hybridized carbons (Fsp3) is 0.625. The predicted molar refractivity (Wildman–Crippen MR) is 71.9 cm³/mol. The molecule has 3 rings (SSSR count). The normalized spacial score (nSPS) is 32.4. The SMILES string of the molecule is Cc1cc(C)c(C(N)C2C3CCCC32)c(C)c1. The van der Waals surface area contributed by atoms with Gasteiger partial charge in [-0.15, -0.1) is 0 Å². The number of aryl methyl sites for hydroxylation is 3. The summed E-state index contributed by atoms with van der Waals surface area (Å²) in [5.41, 5.74) is 12.1. The van der Waals surface area contributed by atoms with E-state index >= 15 is 0 Å². The van der Waals surface area contributed by atoms with Crippen molar-refractivity contribution in [2.75, 3.05) is 0 Å². The van der Waals surface area contributed by atoms with Gasteiger partial charge < -0.3 is 5.73 Å². The van der Waals surface area contributed by atoms with Gasteiger partial charge in [-0.3, -0.25) is 0 Å². The summed E-state index contributed by atoms with van der Waals surface area (Å²) in [5, 5.41) is 0. The molecule has 3 unspecified atom stereocenters. The molecule has 1 heteroatoms. The molecule has 2 aliphatic carbocycles. The minimum absolute atomic E-state index is 0.283. The van der Waals surface area contributed by atoms with Crippen LogP contribution in [0, 0.1) is 38.5 Å². The monoisotopic (exact) mass is 229 g/mol. The molecule has 0 bridgehead atoms. The molecule has 2 aliphatic rings. The highest BCUT2D eigenvalue weighted by Crippen LogP contribution is 2.61. The first-order valence-corrected chi connectivity index (χ1v) is 6.93. The highest BCUT2D eigenvalue weighted by Gasteiger charge is 2.55. The average Bonchev–Trinajstić information content (AvgIpc) is 2.71. The topological polar surface area (TPSA) is 26.0 Å². The van der Waals surface area contributed by atoms with Crippen molar-refractivity contribution in [3.05, 3.63) is 34.4 Å². The molecular weight excluding hydrogens is 206 g/mol. The van der Waals surface area contributed by atoms with E-state index in [4.69, 9.17) is 5.73 Å². The van der Waals surface area contributed by atoms with Crippen LogP contribution in [0.3, 0.4) is 0 Å². The quantitative estimate of drug-likeness (QED) is 0.823. The molecule has 2 fully saturated rings. The summed E-state index contributed by atoms with van der Waals surface area (Å²) in [7, 11) is 0. The number of hydrogen-bond acceptors (Lipinski definition) is 1. The Morgan fingerprint density at radius 3 is 2.12 bits per heavy atom. The molecule has 0 aliphatic heterocycles. The molecule has 2 N–H and O–H groups in total. The van der Waals surface area contributed by atoms with Crippen LogP contribution in [0.5, 0.6) is 0 Å². The Balaban J connectivity index is 1.89. The molecule has 1 nitrogen and oxygen atoms in total. The van der Waals surface area contributed by atoms with Crippen LogP contribution in [-0.2, 0) is 0 Å². The van der Waals surface area contributed by atoms with E-state index in [1.165, 1.54) is 41.5 Å². The van der Waals surface area contributed by atoms with Crippen LogP contribution in [0.1, 0.15) is 47.6 Å². The molecule has 92 valence electrons. The summed E-state index contributed by atoms with van der Waals surface area (Å²) in [6.45, 7) is 6.60. The second-order valence-electron chi connectivity index (χ2n) is 6.17. The Morgan fingerprint density at radius 1 is 1.06 bits per heavy atom. The first-order valence-electron chi connectivity index (χ1n) is 6.93. The van der Waals surface area contributed by atoms with Crippen molar-refractivity contribution in [3.8, 4) is 0 Å². The minimum Gasteiger partial charge on any atom is -0.324 e. The molecule has 0 heterocycles. The maximum Gasteiger partial charge on any atom is 0.0334 e. The van der Waals surface area contributed by atoms with E-state index in [0.717, 1.165) is 17.8 Å². The van der Waals surface area contributed by atoms with Crippen LogP contribution < -0.4 is 5.73 Å². The lowest BCUT2D eigenvalue weighted by Gasteiger charge is -2.20. The van der Waals surface area contributed by atoms with E-state index in [1.807, 2.05) is 0 Å². The van der Waals surface area contributed by atoms with E-state index in [-0.39, 0.29) is 6.04 Å². The first-order chi connectivity index (χ1) is 8.09. The summed E-state index contributed by atoms with van der Waals surface area (Å²) in [6, 6.07) is 4.84. The number of fused-ring (bicyclic) bond motifs is 1. The van der Waals surface area contributed by atoms with Gasteiger partial charge in [0.25, 0.3) is 0 Å². The highest BCUT2D eigenvalue weighted by atomic mass is 14.8. The molecule has 0 saturated heterocycles. The largest absolute Gasteiger partial charge is 0.324 e. The maximum absolute atomic E-state index is 6.54. The number of nitrogens with two attached hydrogens (primary N) is 1. The van der Waals surface area contributed by atoms with E-state index in [1.54, 1.807) is 0 Å². The van der Waals surface area contributed by atoms with Crippen LogP contribution in [0.25, 0.3) is 0 Å². The van der Waals surface area contributed by atoms with Gasteiger partial charge >= 0.3 is 0 Å². The third-order valence-electron chi connectivity index (χ3n) is 4.96. The first kappa shape index (κ1) is 11.3. The zero-order chi connectivity index (χ0) is 12.2. The van der Waals surface area contributed by atoms with Gasteiger partial charge in [0.05, 0.1) is 0 Å². The zero-order valence-corrected chi connectivity index (χ0v) is 11.2. The fourth-order valence-electron chi connectivity index (χ4n) is 4.32. The molecule has 0 radical (unpaired) electrons. The Bertz CT molecular complexity index is 416. The smallest absolute Gasteiger partial charge is 0.0334 e. The average molecular weight is 229 g/mol. The van der Waals surface area contributed by atoms with E-state index in [9.17, 15) is 0 Å². The molecule has 3 atom stereocenters.